The molecule has 0 amide bonds. The maximum absolute atomic E-state index is 10.6. The fraction of sp³-hybridized carbons (Fsp3) is 0.308. The summed E-state index contributed by atoms with van der Waals surface area (Å²) < 4.78 is 4.71. The number of nitrogens with zero attached hydrogens (tertiary/aromatic N) is 3. The minimum Gasteiger partial charge on any atom is -0.481 e. The zero-order chi connectivity index (χ0) is 13.5. The molecule has 6 heteroatoms. The third-order valence-corrected chi connectivity index (χ3v) is 2.68. The van der Waals surface area contributed by atoms with Gasteiger partial charge in [0, 0.05) is 18.7 Å². The number of rotatable bonds is 7. The summed E-state index contributed by atoms with van der Waals surface area (Å²) in [5.41, 5.74) is 1.01. The van der Waals surface area contributed by atoms with Gasteiger partial charge in [0.15, 0.2) is 5.82 Å². The van der Waals surface area contributed by atoms with Gasteiger partial charge in [-0.2, -0.15) is 4.98 Å². The average molecular weight is 261 g/mol. The number of benzene rings is 1. The minimum atomic E-state index is -0.785. The van der Waals surface area contributed by atoms with E-state index < -0.39 is 5.97 Å². The molecule has 0 aliphatic carbocycles. The predicted octanol–water partition coefficient (Wildman–Crippen LogP) is 1.94. The van der Waals surface area contributed by atoms with Crippen LogP contribution < -0.4 is 4.90 Å². The fourth-order valence-electron chi connectivity index (χ4n) is 1.79. The van der Waals surface area contributed by atoms with Gasteiger partial charge in [-0.05, 0) is 18.6 Å². The second kappa shape index (κ2) is 6.53. The molecule has 1 aromatic heterocycles. The Morgan fingerprint density at radius 1 is 1.32 bits per heavy atom. The van der Waals surface area contributed by atoms with E-state index in [1.54, 1.807) is 0 Å². The van der Waals surface area contributed by atoms with Crippen LogP contribution >= 0.6 is 0 Å². The molecular formula is C13H15N3O3. The Kier molecular flexibility index (Phi) is 4.49. The highest BCUT2D eigenvalue weighted by atomic mass is 16.5. The summed E-state index contributed by atoms with van der Waals surface area (Å²) >= 11 is 0. The van der Waals surface area contributed by atoms with E-state index in [0.29, 0.717) is 25.3 Å². The lowest BCUT2D eigenvalue weighted by Crippen LogP contribution is -2.25. The lowest BCUT2D eigenvalue weighted by molar-refractivity contribution is -0.137. The highest BCUT2D eigenvalue weighted by Crippen LogP contribution is 2.16. The van der Waals surface area contributed by atoms with Crippen molar-refractivity contribution in [3.63, 3.8) is 0 Å². The van der Waals surface area contributed by atoms with Crippen molar-refractivity contribution < 1.29 is 14.4 Å². The van der Waals surface area contributed by atoms with E-state index >= 15 is 0 Å². The van der Waals surface area contributed by atoms with Gasteiger partial charge in [0.1, 0.15) is 0 Å². The number of carboxylic acid groups (broad SMARTS) is 1. The number of carboxylic acids is 1. The van der Waals surface area contributed by atoms with Gasteiger partial charge in [-0.3, -0.25) is 4.79 Å². The number of hydrogen-bond acceptors (Lipinski definition) is 5. The van der Waals surface area contributed by atoms with Crippen LogP contribution in [0.4, 0.5) is 5.69 Å². The van der Waals surface area contributed by atoms with Crippen LogP contribution in [-0.4, -0.2) is 27.8 Å². The highest BCUT2D eigenvalue weighted by molar-refractivity contribution is 5.66. The largest absolute Gasteiger partial charge is 0.481 e. The Balaban J connectivity index is 2.02. The van der Waals surface area contributed by atoms with Crippen LogP contribution in [0.3, 0.4) is 0 Å². The van der Waals surface area contributed by atoms with E-state index in [1.807, 2.05) is 35.2 Å². The van der Waals surface area contributed by atoms with Gasteiger partial charge < -0.3 is 14.5 Å². The maximum Gasteiger partial charge on any atom is 0.303 e. The summed E-state index contributed by atoms with van der Waals surface area (Å²) in [5.74, 6) is -0.202. The Hall–Kier alpha value is -2.37. The molecule has 0 radical (unpaired) electrons. The normalized spacial score (nSPS) is 10.3. The minimum absolute atomic E-state index is 0.148. The van der Waals surface area contributed by atoms with Crippen LogP contribution in [0.5, 0.6) is 0 Å². The van der Waals surface area contributed by atoms with Crippen LogP contribution in [-0.2, 0) is 11.3 Å². The Morgan fingerprint density at radius 3 is 2.74 bits per heavy atom. The number of para-hydroxylation sites is 1. The van der Waals surface area contributed by atoms with Crippen molar-refractivity contribution >= 4 is 11.7 Å². The van der Waals surface area contributed by atoms with Crippen molar-refractivity contribution in [2.45, 2.75) is 19.4 Å². The molecule has 1 heterocycles. The Labute approximate surface area is 110 Å². The molecule has 0 unspecified atom stereocenters. The first-order valence-electron chi connectivity index (χ1n) is 6.03. The SMILES string of the molecule is O=C(O)CCCN(Cc1ncon1)c1ccccc1. The van der Waals surface area contributed by atoms with Crippen molar-refractivity contribution in [1.82, 2.24) is 10.1 Å². The second-order valence-corrected chi connectivity index (χ2v) is 4.10. The molecule has 0 atom stereocenters. The van der Waals surface area contributed by atoms with E-state index in [9.17, 15) is 4.79 Å². The molecule has 0 bridgehead atoms. The fourth-order valence-corrected chi connectivity index (χ4v) is 1.79. The van der Waals surface area contributed by atoms with Crippen LogP contribution in [0.15, 0.2) is 41.2 Å². The molecule has 1 aromatic carbocycles. The van der Waals surface area contributed by atoms with Gasteiger partial charge in [0.25, 0.3) is 0 Å². The van der Waals surface area contributed by atoms with Gasteiger partial charge in [-0.1, -0.05) is 23.4 Å². The predicted molar refractivity (Wildman–Crippen MR) is 68.7 cm³/mol. The summed E-state index contributed by atoms with van der Waals surface area (Å²) in [7, 11) is 0. The van der Waals surface area contributed by atoms with Crippen molar-refractivity contribution in [3.05, 3.63) is 42.5 Å². The molecule has 19 heavy (non-hydrogen) atoms. The van der Waals surface area contributed by atoms with E-state index in [-0.39, 0.29) is 6.42 Å². The third-order valence-electron chi connectivity index (χ3n) is 2.68. The first kappa shape index (κ1) is 13.1. The highest BCUT2D eigenvalue weighted by Gasteiger charge is 2.10. The lowest BCUT2D eigenvalue weighted by Gasteiger charge is -2.22. The molecule has 2 rings (SSSR count). The standard InChI is InChI=1S/C13H15N3O3/c17-13(18)7-4-8-16(9-12-14-10-19-15-12)11-5-2-1-3-6-11/h1-3,5-6,10H,4,7-9H2,(H,17,18). The van der Waals surface area contributed by atoms with Crippen molar-refractivity contribution in [2.24, 2.45) is 0 Å². The maximum atomic E-state index is 10.6. The summed E-state index contributed by atoms with van der Waals surface area (Å²) in [5, 5.41) is 12.5. The number of hydrogen-bond donors (Lipinski definition) is 1. The van der Waals surface area contributed by atoms with Crippen LogP contribution in [0.2, 0.25) is 0 Å². The molecule has 100 valence electrons. The van der Waals surface area contributed by atoms with Gasteiger partial charge >= 0.3 is 5.97 Å². The number of aromatic nitrogens is 2. The number of carbonyl (C=O) groups is 1. The molecule has 0 saturated heterocycles. The molecule has 0 fully saturated rings. The quantitative estimate of drug-likeness (QED) is 0.820. The number of aliphatic carboxylic acids is 1. The summed E-state index contributed by atoms with van der Waals surface area (Å²) in [6, 6.07) is 9.76. The second-order valence-electron chi connectivity index (χ2n) is 4.10. The molecule has 1 N–H and O–H groups in total. The van der Waals surface area contributed by atoms with Gasteiger partial charge in [0.05, 0.1) is 6.54 Å². The van der Waals surface area contributed by atoms with E-state index in [2.05, 4.69) is 10.1 Å². The number of anilines is 1. The lowest BCUT2D eigenvalue weighted by atomic mass is 10.2. The van der Waals surface area contributed by atoms with Gasteiger partial charge in [-0.15, -0.1) is 0 Å². The first-order chi connectivity index (χ1) is 9.25. The molecular weight excluding hydrogens is 246 g/mol. The van der Waals surface area contributed by atoms with Crippen LogP contribution in [0, 0.1) is 0 Å². The van der Waals surface area contributed by atoms with Crippen molar-refractivity contribution in [1.29, 1.82) is 0 Å². The van der Waals surface area contributed by atoms with E-state index in [0.717, 1.165) is 5.69 Å². The van der Waals surface area contributed by atoms with Crippen LogP contribution in [0.1, 0.15) is 18.7 Å². The average Bonchev–Trinajstić information content (AvgIpc) is 2.91. The Morgan fingerprint density at radius 2 is 2.11 bits per heavy atom. The van der Waals surface area contributed by atoms with Crippen LogP contribution in [0.25, 0.3) is 0 Å². The molecule has 0 saturated carbocycles. The van der Waals surface area contributed by atoms with E-state index in [1.165, 1.54) is 6.39 Å². The smallest absolute Gasteiger partial charge is 0.303 e. The zero-order valence-corrected chi connectivity index (χ0v) is 10.4. The molecule has 6 nitrogen and oxygen atoms in total. The van der Waals surface area contributed by atoms with Crippen molar-refractivity contribution in [3.8, 4) is 0 Å². The zero-order valence-electron chi connectivity index (χ0n) is 10.4. The summed E-state index contributed by atoms with van der Waals surface area (Å²) in [4.78, 5) is 16.6. The molecule has 0 aliphatic heterocycles. The first-order valence-corrected chi connectivity index (χ1v) is 6.03. The monoisotopic (exact) mass is 261 g/mol. The topological polar surface area (TPSA) is 79.5 Å². The third kappa shape index (κ3) is 4.09. The summed E-state index contributed by atoms with van der Waals surface area (Å²) in [6.45, 7) is 1.13. The molecule has 0 spiro atoms. The Bertz CT molecular complexity index is 499. The van der Waals surface area contributed by atoms with Gasteiger partial charge in [-0.25, -0.2) is 0 Å². The summed E-state index contributed by atoms with van der Waals surface area (Å²) in [6.07, 6.45) is 2.01. The van der Waals surface area contributed by atoms with Crippen molar-refractivity contribution in [2.75, 3.05) is 11.4 Å². The van der Waals surface area contributed by atoms with Gasteiger partial charge in [0.2, 0.25) is 6.39 Å². The molecule has 2 aromatic rings. The molecule has 0 aliphatic rings. The van der Waals surface area contributed by atoms with E-state index in [4.69, 9.17) is 9.63 Å².